The molecule has 0 bridgehead atoms. The average Bonchev–Trinajstić information content (AvgIpc) is 2.08. The van der Waals surface area contributed by atoms with Crippen molar-refractivity contribution in [3.05, 3.63) is 11.3 Å². The Bertz CT molecular complexity index is 318. The van der Waals surface area contributed by atoms with Gasteiger partial charge in [-0.3, -0.25) is 0 Å². The van der Waals surface area contributed by atoms with Crippen molar-refractivity contribution in [3.63, 3.8) is 0 Å². The van der Waals surface area contributed by atoms with Gasteiger partial charge in [0.25, 0.3) is 0 Å². The lowest BCUT2D eigenvalue weighted by Gasteiger charge is -2.20. The lowest BCUT2D eigenvalue weighted by atomic mass is 10.3. The summed E-state index contributed by atoms with van der Waals surface area (Å²) in [4.78, 5) is 9.46. The molecule has 0 aromatic carbocycles. The van der Waals surface area contributed by atoms with Crippen molar-refractivity contribution < 1.29 is 5.11 Å². The molecule has 0 saturated carbocycles. The zero-order chi connectivity index (χ0) is 10.7. The summed E-state index contributed by atoms with van der Waals surface area (Å²) >= 11 is 5.90. The third-order valence-electron chi connectivity index (χ3n) is 1.70. The van der Waals surface area contributed by atoms with Gasteiger partial charge in [-0.1, -0.05) is 11.6 Å². The molecule has 3 N–H and O–H groups in total. The van der Waals surface area contributed by atoms with Crippen LogP contribution in [-0.4, -0.2) is 34.8 Å². The van der Waals surface area contributed by atoms with Gasteiger partial charge in [0, 0.05) is 13.6 Å². The normalized spacial score (nSPS) is 12.6. The van der Waals surface area contributed by atoms with Crippen LogP contribution in [0.25, 0.3) is 0 Å². The summed E-state index contributed by atoms with van der Waals surface area (Å²) in [5.41, 5.74) is 5.52. The molecule has 0 aliphatic carbocycles. The molecular formula is C8H13ClN4O. The Balaban J connectivity index is 2.89. The smallest absolute Gasteiger partial charge is 0.152 e. The molecule has 78 valence electrons. The van der Waals surface area contributed by atoms with Crippen LogP contribution >= 0.6 is 11.6 Å². The highest BCUT2D eigenvalue weighted by molar-refractivity contribution is 6.35. The van der Waals surface area contributed by atoms with Gasteiger partial charge in [-0.15, -0.1) is 0 Å². The van der Waals surface area contributed by atoms with Crippen molar-refractivity contribution in [3.8, 4) is 0 Å². The van der Waals surface area contributed by atoms with Crippen LogP contribution in [0.4, 0.5) is 11.6 Å². The minimum Gasteiger partial charge on any atom is -0.392 e. The summed E-state index contributed by atoms with van der Waals surface area (Å²) in [7, 11) is 1.78. The molecule has 1 atom stereocenters. The molecule has 0 fully saturated rings. The minimum absolute atomic E-state index is 0.245. The lowest BCUT2D eigenvalue weighted by Crippen LogP contribution is -2.28. The van der Waals surface area contributed by atoms with Gasteiger partial charge >= 0.3 is 0 Å². The van der Waals surface area contributed by atoms with E-state index in [-0.39, 0.29) is 5.82 Å². The van der Waals surface area contributed by atoms with Crippen molar-refractivity contribution in [1.82, 2.24) is 9.97 Å². The van der Waals surface area contributed by atoms with Gasteiger partial charge in [0.2, 0.25) is 0 Å². The first-order valence-corrected chi connectivity index (χ1v) is 4.55. The van der Waals surface area contributed by atoms with Crippen LogP contribution < -0.4 is 10.6 Å². The fourth-order valence-corrected chi connectivity index (χ4v) is 1.36. The molecule has 1 heterocycles. The van der Waals surface area contributed by atoms with E-state index in [1.165, 1.54) is 6.33 Å². The Morgan fingerprint density at radius 3 is 2.86 bits per heavy atom. The van der Waals surface area contributed by atoms with E-state index in [1.54, 1.807) is 18.9 Å². The molecule has 0 aliphatic heterocycles. The SMILES string of the molecule is C[C@H](O)CN(C)c1ncnc(N)c1Cl. The molecule has 14 heavy (non-hydrogen) atoms. The number of nitrogens with zero attached hydrogens (tertiary/aromatic N) is 3. The summed E-state index contributed by atoms with van der Waals surface area (Å²) in [5.74, 6) is 0.772. The number of anilines is 2. The number of nitrogen functional groups attached to an aromatic ring is 1. The number of aliphatic hydroxyl groups is 1. The predicted molar refractivity (Wildman–Crippen MR) is 56.4 cm³/mol. The summed E-state index contributed by atoms with van der Waals surface area (Å²) in [5, 5.41) is 9.50. The van der Waals surface area contributed by atoms with E-state index in [2.05, 4.69) is 9.97 Å². The number of hydrogen-bond acceptors (Lipinski definition) is 5. The second kappa shape index (κ2) is 4.43. The largest absolute Gasteiger partial charge is 0.392 e. The van der Waals surface area contributed by atoms with Crippen LogP contribution in [0.3, 0.4) is 0 Å². The van der Waals surface area contributed by atoms with Gasteiger partial charge in [-0.05, 0) is 6.92 Å². The summed E-state index contributed by atoms with van der Waals surface area (Å²) in [6, 6.07) is 0. The van der Waals surface area contributed by atoms with Gasteiger partial charge in [-0.25, -0.2) is 9.97 Å². The molecule has 0 radical (unpaired) electrons. The van der Waals surface area contributed by atoms with E-state index >= 15 is 0 Å². The van der Waals surface area contributed by atoms with E-state index in [0.717, 1.165) is 0 Å². The Hall–Kier alpha value is -1.07. The molecule has 0 aliphatic rings. The Kier molecular flexibility index (Phi) is 3.49. The Morgan fingerprint density at radius 1 is 1.64 bits per heavy atom. The van der Waals surface area contributed by atoms with E-state index < -0.39 is 6.10 Å². The third kappa shape index (κ3) is 2.46. The number of halogens is 1. The molecule has 1 aromatic heterocycles. The van der Waals surface area contributed by atoms with Crippen LogP contribution in [0.1, 0.15) is 6.92 Å². The number of nitrogens with two attached hydrogens (primary N) is 1. The van der Waals surface area contributed by atoms with Crippen molar-refractivity contribution in [2.45, 2.75) is 13.0 Å². The second-order valence-electron chi connectivity index (χ2n) is 3.13. The van der Waals surface area contributed by atoms with E-state index in [1.807, 2.05) is 0 Å². The molecule has 0 unspecified atom stereocenters. The van der Waals surface area contributed by atoms with Crippen molar-refractivity contribution >= 4 is 23.2 Å². The van der Waals surface area contributed by atoms with Gasteiger partial charge in [0.05, 0.1) is 6.10 Å². The molecule has 5 nitrogen and oxygen atoms in total. The average molecular weight is 217 g/mol. The minimum atomic E-state index is -0.452. The van der Waals surface area contributed by atoms with E-state index in [9.17, 15) is 5.11 Å². The summed E-state index contributed by atoms with van der Waals surface area (Å²) in [6.07, 6.45) is 0.891. The van der Waals surface area contributed by atoms with Crippen molar-refractivity contribution in [2.75, 3.05) is 24.2 Å². The molecule has 0 amide bonds. The maximum Gasteiger partial charge on any atom is 0.152 e. The van der Waals surface area contributed by atoms with Crippen LogP contribution in [0, 0.1) is 0 Å². The number of likely N-dealkylation sites (N-methyl/N-ethyl adjacent to an activating group) is 1. The van der Waals surface area contributed by atoms with Crippen LogP contribution in [0.2, 0.25) is 5.02 Å². The molecule has 1 rings (SSSR count). The van der Waals surface area contributed by atoms with Gasteiger partial charge in [0.15, 0.2) is 5.82 Å². The van der Waals surface area contributed by atoms with E-state index in [0.29, 0.717) is 17.4 Å². The fourth-order valence-electron chi connectivity index (χ4n) is 1.12. The van der Waals surface area contributed by atoms with Gasteiger partial charge in [-0.2, -0.15) is 0 Å². The molecular weight excluding hydrogens is 204 g/mol. The first-order chi connectivity index (χ1) is 6.52. The molecule has 0 saturated heterocycles. The van der Waals surface area contributed by atoms with Gasteiger partial charge < -0.3 is 15.7 Å². The van der Waals surface area contributed by atoms with Gasteiger partial charge in [0.1, 0.15) is 17.2 Å². The fraction of sp³-hybridized carbons (Fsp3) is 0.500. The van der Waals surface area contributed by atoms with E-state index in [4.69, 9.17) is 17.3 Å². The first kappa shape index (κ1) is 11.0. The number of aliphatic hydroxyl groups excluding tert-OH is 1. The van der Waals surface area contributed by atoms with Crippen LogP contribution in [-0.2, 0) is 0 Å². The molecule has 0 spiro atoms. The standard InChI is InChI=1S/C8H13ClN4O/c1-5(14)3-13(2)8-6(9)7(10)11-4-12-8/h4-5,14H,3H2,1-2H3,(H2,10,11,12)/t5-/m0/s1. The van der Waals surface area contributed by atoms with Crippen LogP contribution in [0.15, 0.2) is 6.33 Å². The van der Waals surface area contributed by atoms with Crippen molar-refractivity contribution in [1.29, 1.82) is 0 Å². The summed E-state index contributed by atoms with van der Waals surface area (Å²) in [6.45, 7) is 2.13. The monoisotopic (exact) mass is 216 g/mol. The number of aromatic nitrogens is 2. The zero-order valence-electron chi connectivity index (χ0n) is 8.11. The zero-order valence-corrected chi connectivity index (χ0v) is 8.86. The maximum absolute atomic E-state index is 9.18. The van der Waals surface area contributed by atoms with Crippen molar-refractivity contribution in [2.24, 2.45) is 0 Å². The third-order valence-corrected chi connectivity index (χ3v) is 2.06. The summed E-state index contributed by atoms with van der Waals surface area (Å²) < 4.78 is 0. The second-order valence-corrected chi connectivity index (χ2v) is 3.50. The highest BCUT2D eigenvalue weighted by Crippen LogP contribution is 2.25. The quantitative estimate of drug-likeness (QED) is 0.771. The van der Waals surface area contributed by atoms with Crippen LogP contribution in [0.5, 0.6) is 0 Å². The number of rotatable bonds is 3. The predicted octanol–water partition coefficient (Wildman–Crippen LogP) is 0.529. The molecule has 6 heteroatoms. The Morgan fingerprint density at radius 2 is 2.29 bits per heavy atom. The highest BCUT2D eigenvalue weighted by atomic mass is 35.5. The lowest BCUT2D eigenvalue weighted by molar-refractivity contribution is 0.201. The topological polar surface area (TPSA) is 75.3 Å². The molecule has 1 aromatic rings. The highest BCUT2D eigenvalue weighted by Gasteiger charge is 2.12. The number of hydrogen-bond donors (Lipinski definition) is 2. The maximum atomic E-state index is 9.18. The Labute approximate surface area is 87.5 Å². The first-order valence-electron chi connectivity index (χ1n) is 4.17.